The molecule has 2 aromatic carbocycles. The summed E-state index contributed by atoms with van der Waals surface area (Å²) in [6.45, 7) is -0.0709. The van der Waals surface area contributed by atoms with E-state index in [4.69, 9.17) is 27.9 Å². The molecule has 0 saturated carbocycles. The molecule has 0 amide bonds. The normalized spacial score (nSPS) is 10.8. The molecule has 0 aliphatic rings. The maximum Gasteiger partial charge on any atom is 0.202 e. The molecule has 1 heterocycles. The Kier molecular flexibility index (Phi) is 3.86. The van der Waals surface area contributed by atoms with Crippen molar-refractivity contribution in [2.75, 3.05) is 6.61 Å². The molecule has 0 spiro atoms. The average Bonchev–Trinajstić information content (AvgIpc) is 2.88. The molecule has 5 heteroatoms. The van der Waals surface area contributed by atoms with Crippen LogP contribution in [0, 0.1) is 0 Å². The molecule has 3 rings (SSSR count). The minimum atomic E-state index is -0.108. The molecular weight excluding hydrogens is 309 g/mol. The molecule has 0 unspecified atom stereocenters. The van der Waals surface area contributed by atoms with Gasteiger partial charge in [0.05, 0.1) is 0 Å². The first-order chi connectivity index (χ1) is 10.1. The highest BCUT2D eigenvalue weighted by Gasteiger charge is 2.12. The van der Waals surface area contributed by atoms with Crippen LogP contribution >= 0.6 is 23.2 Å². The number of Topliss-reactive ketones (excluding diaryl/α,β-unsaturated/α-hetero) is 1. The van der Waals surface area contributed by atoms with Crippen LogP contribution in [0.5, 0.6) is 5.75 Å². The number of halogens is 2. The number of H-pyrrole nitrogens is 1. The second-order valence-electron chi connectivity index (χ2n) is 4.56. The first-order valence-corrected chi connectivity index (χ1v) is 7.07. The molecule has 0 bridgehead atoms. The third-order valence-electron chi connectivity index (χ3n) is 3.10. The van der Waals surface area contributed by atoms with E-state index in [-0.39, 0.29) is 12.4 Å². The predicted octanol–water partition coefficient (Wildman–Crippen LogP) is 4.74. The number of ether oxygens (including phenoxy) is 1. The molecule has 0 saturated heterocycles. The summed E-state index contributed by atoms with van der Waals surface area (Å²) >= 11 is 11.8. The van der Waals surface area contributed by atoms with Gasteiger partial charge in [0, 0.05) is 32.7 Å². The van der Waals surface area contributed by atoms with Crippen LogP contribution in [0.1, 0.15) is 10.4 Å². The van der Waals surface area contributed by atoms with Gasteiger partial charge in [0.15, 0.2) is 6.61 Å². The van der Waals surface area contributed by atoms with Gasteiger partial charge in [0.25, 0.3) is 0 Å². The molecule has 0 radical (unpaired) electrons. The Morgan fingerprint density at radius 2 is 1.81 bits per heavy atom. The molecule has 3 aromatic rings. The first-order valence-electron chi connectivity index (χ1n) is 6.32. The number of fused-ring (bicyclic) bond motifs is 1. The Hall–Kier alpha value is -1.97. The van der Waals surface area contributed by atoms with Gasteiger partial charge in [-0.05, 0) is 24.3 Å². The number of aromatic nitrogens is 1. The molecule has 21 heavy (non-hydrogen) atoms. The lowest BCUT2D eigenvalue weighted by Crippen LogP contribution is -2.11. The van der Waals surface area contributed by atoms with Gasteiger partial charge >= 0.3 is 0 Å². The first kappa shape index (κ1) is 14.0. The number of ketones is 1. The van der Waals surface area contributed by atoms with E-state index in [0.29, 0.717) is 21.4 Å². The fourth-order valence-electron chi connectivity index (χ4n) is 2.14. The lowest BCUT2D eigenvalue weighted by atomic mass is 10.1. The number of benzene rings is 2. The van der Waals surface area contributed by atoms with Gasteiger partial charge < -0.3 is 9.72 Å². The number of carbonyl (C=O) groups excluding carboxylic acids is 1. The maximum atomic E-state index is 12.3. The van der Waals surface area contributed by atoms with Gasteiger partial charge in [-0.25, -0.2) is 0 Å². The van der Waals surface area contributed by atoms with Crippen molar-refractivity contribution < 1.29 is 9.53 Å². The molecule has 106 valence electrons. The van der Waals surface area contributed by atoms with Gasteiger partial charge in [0.1, 0.15) is 5.75 Å². The zero-order valence-corrected chi connectivity index (χ0v) is 12.4. The summed E-state index contributed by atoms with van der Waals surface area (Å²) in [6.07, 6.45) is 1.70. The third-order valence-corrected chi connectivity index (χ3v) is 3.53. The van der Waals surface area contributed by atoms with E-state index in [9.17, 15) is 4.79 Å². The second-order valence-corrected chi connectivity index (χ2v) is 5.44. The van der Waals surface area contributed by atoms with Gasteiger partial charge in [-0.1, -0.05) is 41.4 Å². The van der Waals surface area contributed by atoms with Crippen molar-refractivity contribution in [1.82, 2.24) is 4.98 Å². The highest BCUT2D eigenvalue weighted by molar-refractivity contribution is 6.34. The average molecular weight is 320 g/mol. The van der Waals surface area contributed by atoms with Crippen LogP contribution in [0.2, 0.25) is 10.0 Å². The fraction of sp³-hybridized carbons (Fsp3) is 0.0625. The van der Waals surface area contributed by atoms with E-state index < -0.39 is 0 Å². The van der Waals surface area contributed by atoms with E-state index in [2.05, 4.69) is 4.98 Å². The van der Waals surface area contributed by atoms with Crippen molar-refractivity contribution in [2.24, 2.45) is 0 Å². The maximum absolute atomic E-state index is 12.3. The topological polar surface area (TPSA) is 42.1 Å². The predicted molar refractivity (Wildman–Crippen MR) is 84.6 cm³/mol. The van der Waals surface area contributed by atoms with E-state index >= 15 is 0 Å². The summed E-state index contributed by atoms with van der Waals surface area (Å²) in [5.41, 5.74) is 1.53. The Morgan fingerprint density at radius 1 is 1.10 bits per heavy atom. The lowest BCUT2D eigenvalue weighted by molar-refractivity contribution is 0.0923. The van der Waals surface area contributed by atoms with Crippen LogP contribution in [-0.4, -0.2) is 17.4 Å². The van der Waals surface area contributed by atoms with Crippen molar-refractivity contribution in [2.45, 2.75) is 0 Å². The number of nitrogens with one attached hydrogen (secondary N) is 1. The lowest BCUT2D eigenvalue weighted by Gasteiger charge is -2.06. The van der Waals surface area contributed by atoms with E-state index in [1.54, 1.807) is 24.4 Å². The largest absolute Gasteiger partial charge is 0.485 e. The minimum Gasteiger partial charge on any atom is -0.485 e. The van der Waals surface area contributed by atoms with Crippen LogP contribution in [0.15, 0.2) is 48.7 Å². The van der Waals surface area contributed by atoms with Crippen molar-refractivity contribution in [3.63, 3.8) is 0 Å². The van der Waals surface area contributed by atoms with E-state index in [0.717, 1.165) is 10.9 Å². The Balaban J connectivity index is 1.77. The van der Waals surface area contributed by atoms with Gasteiger partial charge in [0.2, 0.25) is 5.78 Å². The number of hydrogen-bond acceptors (Lipinski definition) is 2. The highest BCUT2D eigenvalue weighted by Crippen LogP contribution is 2.24. The summed E-state index contributed by atoms with van der Waals surface area (Å²) in [7, 11) is 0. The summed E-state index contributed by atoms with van der Waals surface area (Å²) in [5, 5.41) is 1.82. The number of carbonyl (C=O) groups is 1. The van der Waals surface area contributed by atoms with Crippen molar-refractivity contribution in [3.05, 3.63) is 64.3 Å². The molecule has 0 atom stereocenters. The van der Waals surface area contributed by atoms with Gasteiger partial charge in [-0.2, -0.15) is 0 Å². The molecule has 0 aliphatic heterocycles. The summed E-state index contributed by atoms with van der Waals surface area (Å²) in [4.78, 5) is 15.3. The van der Waals surface area contributed by atoms with Crippen LogP contribution < -0.4 is 4.74 Å². The number of aromatic amines is 1. The van der Waals surface area contributed by atoms with Crippen LogP contribution in [-0.2, 0) is 0 Å². The molecular formula is C16H11Cl2NO2. The van der Waals surface area contributed by atoms with Crippen molar-refractivity contribution in [3.8, 4) is 5.75 Å². The fourth-order valence-corrected chi connectivity index (χ4v) is 2.65. The Bertz CT molecular complexity index is 791. The van der Waals surface area contributed by atoms with Gasteiger partial charge in [-0.3, -0.25) is 4.79 Å². The number of hydrogen-bond donors (Lipinski definition) is 1. The number of para-hydroxylation sites is 1. The zero-order chi connectivity index (χ0) is 14.8. The highest BCUT2D eigenvalue weighted by atomic mass is 35.5. The summed E-state index contributed by atoms with van der Waals surface area (Å²) in [5.74, 6) is 0.365. The molecule has 0 fully saturated rings. The van der Waals surface area contributed by atoms with Crippen LogP contribution in [0.3, 0.4) is 0 Å². The minimum absolute atomic E-state index is 0.0709. The quantitative estimate of drug-likeness (QED) is 0.706. The molecule has 0 aliphatic carbocycles. The molecule has 3 nitrogen and oxygen atoms in total. The monoisotopic (exact) mass is 319 g/mol. The Morgan fingerprint density at radius 3 is 2.57 bits per heavy atom. The van der Waals surface area contributed by atoms with Crippen LogP contribution in [0.25, 0.3) is 10.9 Å². The van der Waals surface area contributed by atoms with Gasteiger partial charge in [-0.15, -0.1) is 0 Å². The number of rotatable bonds is 4. The molecule has 1 aromatic heterocycles. The van der Waals surface area contributed by atoms with E-state index in [1.165, 1.54) is 0 Å². The summed E-state index contributed by atoms with van der Waals surface area (Å²) in [6, 6.07) is 12.5. The Labute approximate surface area is 131 Å². The standard InChI is InChI=1S/C16H11Cl2NO2/c17-10-5-11(18)7-12(6-10)21-9-16(20)14-8-19-15-4-2-1-3-13(14)15/h1-8,19H,9H2. The smallest absolute Gasteiger partial charge is 0.202 e. The zero-order valence-electron chi connectivity index (χ0n) is 10.9. The second kappa shape index (κ2) is 5.80. The van der Waals surface area contributed by atoms with E-state index in [1.807, 2.05) is 24.3 Å². The van der Waals surface area contributed by atoms with Crippen molar-refractivity contribution in [1.29, 1.82) is 0 Å². The van der Waals surface area contributed by atoms with Crippen LogP contribution in [0.4, 0.5) is 0 Å². The SMILES string of the molecule is O=C(COc1cc(Cl)cc(Cl)c1)c1c[nH]c2ccccc12. The third kappa shape index (κ3) is 3.04. The summed E-state index contributed by atoms with van der Waals surface area (Å²) < 4.78 is 5.47. The molecule has 1 N–H and O–H groups in total. The van der Waals surface area contributed by atoms with Crippen molar-refractivity contribution >= 4 is 39.9 Å².